The topological polar surface area (TPSA) is 59.4 Å². The van der Waals surface area contributed by atoms with Gasteiger partial charge in [0.05, 0.1) is 11.3 Å². The van der Waals surface area contributed by atoms with Gasteiger partial charge in [0.2, 0.25) is 0 Å². The SMILES string of the molecule is CCC(Oc1ccc(C(F)(F)CCc2sc(-c3ccc(C(F)(F)F)cc3)nc2C)cc1C)C(=O)O. The molecule has 3 aromatic rings. The van der Waals surface area contributed by atoms with Crippen LogP contribution in [-0.4, -0.2) is 22.2 Å². The number of thiazole rings is 1. The van der Waals surface area contributed by atoms with Gasteiger partial charge in [-0.1, -0.05) is 19.1 Å². The number of halogens is 5. The van der Waals surface area contributed by atoms with Crippen LogP contribution >= 0.6 is 11.3 Å². The number of hydrogen-bond donors (Lipinski definition) is 1. The molecule has 0 amide bonds. The molecule has 0 saturated carbocycles. The van der Waals surface area contributed by atoms with Gasteiger partial charge in [-0.15, -0.1) is 11.3 Å². The predicted molar refractivity (Wildman–Crippen MR) is 123 cm³/mol. The van der Waals surface area contributed by atoms with Gasteiger partial charge in [-0.25, -0.2) is 18.6 Å². The van der Waals surface area contributed by atoms with Crippen molar-refractivity contribution in [3.8, 4) is 16.3 Å². The molecule has 4 nitrogen and oxygen atoms in total. The van der Waals surface area contributed by atoms with E-state index in [1.807, 2.05) is 0 Å². The van der Waals surface area contributed by atoms with Gasteiger partial charge >= 0.3 is 12.1 Å². The molecule has 0 radical (unpaired) electrons. The van der Waals surface area contributed by atoms with Crippen LogP contribution < -0.4 is 4.74 Å². The average molecular weight is 514 g/mol. The Morgan fingerprint density at radius 3 is 2.23 bits per heavy atom. The van der Waals surface area contributed by atoms with E-state index in [1.165, 1.54) is 41.7 Å². The van der Waals surface area contributed by atoms with Crippen LogP contribution in [0.2, 0.25) is 0 Å². The van der Waals surface area contributed by atoms with Crippen molar-refractivity contribution in [2.45, 2.75) is 58.2 Å². The zero-order valence-electron chi connectivity index (χ0n) is 19.2. The monoisotopic (exact) mass is 513 g/mol. The summed E-state index contributed by atoms with van der Waals surface area (Å²) < 4.78 is 73.7. The van der Waals surface area contributed by atoms with Crippen molar-refractivity contribution in [3.05, 3.63) is 69.7 Å². The molecule has 0 fully saturated rings. The van der Waals surface area contributed by atoms with E-state index in [9.17, 15) is 26.7 Å². The van der Waals surface area contributed by atoms with Crippen LogP contribution in [0, 0.1) is 13.8 Å². The largest absolute Gasteiger partial charge is 0.479 e. The molecule has 2 aromatic carbocycles. The van der Waals surface area contributed by atoms with E-state index in [4.69, 9.17) is 9.84 Å². The molecule has 0 aliphatic heterocycles. The van der Waals surface area contributed by atoms with E-state index in [0.717, 1.165) is 12.1 Å². The predicted octanol–water partition coefficient (Wildman–Crippen LogP) is 7.41. The fourth-order valence-corrected chi connectivity index (χ4v) is 4.54. The van der Waals surface area contributed by atoms with E-state index in [-0.39, 0.29) is 24.2 Å². The van der Waals surface area contributed by atoms with Crippen molar-refractivity contribution >= 4 is 17.3 Å². The van der Waals surface area contributed by atoms with Crippen molar-refractivity contribution in [2.24, 2.45) is 0 Å². The highest BCUT2D eigenvalue weighted by Gasteiger charge is 2.33. The number of carboxylic acid groups (broad SMARTS) is 1. The van der Waals surface area contributed by atoms with E-state index >= 15 is 0 Å². The highest BCUT2D eigenvalue weighted by atomic mass is 32.1. The average Bonchev–Trinajstić information content (AvgIpc) is 3.16. The number of aromatic nitrogens is 1. The van der Waals surface area contributed by atoms with Crippen LogP contribution in [0.25, 0.3) is 10.6 Å². The first-order chi connectivity index (χ1) is 16.3. The molecule has 0 aliphatic rings. The smallest absolute Gasteiger partial charge is 0.416 e. The molecule has 1 atom stereocenters. The molecule has 1 aromatic heterocycles. The van der Waals surface area contributed by atoms with Gasteiger partial charge in [-0.2, -0.15) is 13.2 Å². The van der Waals surface area contributed by atoms with Crippen LogP contribution in [0.1, 0.15) is 47.0 Å². The summed E-state index contributed by atoms with van der Waals surface area (Å²) in [5, 5.41) is 9.60. The fourth-order valence-electron chi connectivity index (χ4n) is 3.47. The molecular weight excluding hydrogens is 489 g/mol. The van der Waals surface area contributed by atoms with Gasteiger partial charge in [-0.05, 0) is 62.6 Å². The van der Waals surface area contributed by atoms with Crippen LogP contribution in [0.3, 0.4) is 0 Å². The number of benzene rings is 2. The summed E-state index contributed by atoms with van der Waals surface area (Å²) in [5.74, 6) is -4.05. The van der Waals surface area contributed by atoms with Gasteiger partial charge < -0.3 is 9.84 Å². The van der Waals surface area contributed by atoms with E-state index < -0.39 is 36.2 Å². The maximum atomic E-state index is 15.0. The van der Waals surface area contributed by atoms with Gasteiger partial charge in [0.25, 0.3) is 5.92 Å². The van der Waals surface area contributed by atoms with Crippen LogP contribution in [0.4, 0.5) is 22.0 Å². The molecule has 0 bridgehead atoms. The van der Waals surface area contributed by atoms with Crippen molar-refractivity contribution in [2.75, 3.05) is 0 Å². The second-order valence-corrected chi connectivity index (χ2v) is 9.22. The van der Waals surface area contributed by atoms with Gasteiger partial charge in [-0.3, -0.25) is 0 Å². The second-order valence-electron chi connectivity index (χ2n) is 8.14. The minimum atomic E-state index is -4.44. The third-order valence-electron chi connectivity index (χ3n) is 5.53. The lowest BCUT2D eigenvalue weighted by atomic mass is 10.0. The summed E-state index contributed by atoms with van der Waals surface area (Å²) >= 11 is 1.18. The maximum absolute atomic E-state index is 15.0. The normalized spacial score (nSPS) is 13.0. The van der Waals surface area contributed by atoms with Crippen molar-refractivity contribution < 1.29 is 36.6 Å². The van der Waals surface area contributed by atoms with Crippen LogP contribution in [0.15, 0.2) is 42.5 Å². The molecule has 188 valence electrons. The first-order valence-corrected chi connectivity index (χ1v) is 11.7. The minimum Gasteiger partial charge on any atom is -0.479 e. The minimum absolute atomic E-state index is 0.0331. The van der Waals surface area contributed by atoms with Gasteiger partial charge in [0.15, 0.2) is 6.10 Å². The molecule has 35 heavy (non-hydrogen) atoms. The number of aliphatic carboxylic acids is 1. The zero-order valence-corrected chi connectivity index (χ0v) is 20.1. The van der Waals surface area contributed by atoms with Crippen LogP contribution in [-0.2, 0) is 23.3 Å². The Labute approximate surface area is 203 Å². The number of ether oxygens (including phenoxy) is 1. The number of alkyl halides is 5. The first-order valence-electron chi connectivity index (χ1n) is 10.8. The fraction of sp³-hybridized carbons (Fsp3) is 0.360. The molecular formula is C25H24F5NO3S. The summed E-state index contributed by atoms with van der Waals surface area (Å²) in [6.07, 6.45) is -5.73. The first kappa shape index (κ1) is 26.6. The Morgan fingerprint density at radius 2 is 1.69 bits per heavy atom. The third kappa shape index (κ3) is 6.36. The molecule has 0 saturated heterocycles. The van der Waals surface area contributed by atoms with E-state index in [0.29, 0.717) is 26.7 Å². The standard InChI is InChI=1S/C25H24F5NO3S/c1-4-19(23(32)33)34-20-10-9-18(13-14(20)2)24(26,27)12-11-21-15(3)31-22(35-21)16-5-7-17(8-6-16)25(28,29)30/h5-10,13,19H,4,11-12H2,1-3H3,(H,32,33). The highest BCUT2D eigenvalue weighted by Crippen LogP contribution is 2.38. The number of aryl methyl sites for hydroxylation is 3. The molecule has 1 unspecified atom stereocenters. The van der Waals surface area contributed by atoms with Gasteiger partial charge in [0.1, 0.15) is 10.8 Å². The Kier molecular flexibility index (Phi) is 7.83. The summed E-state index contributed by atoms with van der Waals surface area (Å²) in [7, 11) is 0. The summed E-state index contributed by atoms with van der Waals surface area (Å²) in [5.41, 5.74) is 0.465. The Bertz CT molecular complexity index is 1190. The maximum Gasteiger partial charge on any atom is 0.416 e. The number of hydrogen-bond acceptors (Lipinski definition) is 4. The summed E-state index contributed by atoms with van der Waals surface area (Å²) in [6, 6.07) is 8.44. The second kappa shape index (κ2) is 10.3. The van der Waals surface area contributed by atoms with Crippen molar-refractivity contribution in [1.82, 2.24) is 4.98 Å². The number of rotatable bonds is 9. The Morgan fingerprint density at radius 1 is 1.06 bits per heavy atom. The van der Waals surface area contributed by atoms with E-state index in [1.54, 1.807) is 20.8 Å². The van der Waals surface area contributed by atoms with E-state index in [2.05, 4.69) is 4.98 Å². The molecule has 1 N–H and O–H groups in total. The van der Waals surface area contributed by atoms with Crippen molar-refractivity contribution in [1.29, 1.82) is 0 Å². The Balaban J connectivity index is 1.72. The molecule has 0 spiro atoms. The lowest BCUT2D eigenvalue weighted by Crippen LogP contribution is -2.26. The lowest BCUT2D eigenvalue weighted by Gasteiger charge is -2.20. The molecule has 0 aliphatic carbocycles. The lowest BCUT2D eigenvalue weighted by molar-refractivity contribution is -0.145. The zero-order chi connectivity index (χ0) is 26.0. The molecule has 10 heteroatoms. The summed E-state index contributed by atoms with van der Waals surface area (Å²) in [4.78, 5) is 16.2. The highest BCUT2D eigenvalue weighted by molar-refractivity contribution is 7.15. The molecule has 3 rings (SSSR count). The van der Waals surface area contributed by atoms with Crippen LogP contribution in [0.5, 0.6) is 5.75 Å². The Hall–Kier alpha value is -3.01. The number of nitrogens with zero attached hydrogens (tertiary/aromatic N) is 1. The molecule has 1 heterocycles. The van der Waals surface area contributed by atoms with Gasteiger partial charge in [0, 0.05) is 22.4 Å². The summed E-state index contributed by atoms with van der Waals surface area (Å²) in [6.45, 7) is 4.91. The quantitative estimate of drug-likeness (QED) is 0.303. The van der Waals surface area contributed by atoms with Crippen molar-refractivity contribution in [3.63, 3.8) is 0 Å². The third-order valence-corrected chi connectivity index (χ3v) is 6.80. The number of carboxylic acids is 1. The number of carbonyl (C=O) groups is 1.